The minimum atomic E-state index is -0.0552. The highest BCUT2D eigenvalue weighted by atomic mass is 35.5. The monoisotopic (exact) mass is 289 g/mol. The van der Waals surface area contributed by atoms with Crippen molar-refractivity contribution in [3.63, 3.8) is 0 Å². The molecule has 0 heterocycles. The molecular weight excluding hydrogens is 274 g/mol. The molecule has 5 heteroatoms. The Morgan fingerprint density at radius 3 is 2.60 bits per heavy atom. The second-order valence-electron chi connectivity index (χ2n) is 4.31. The molecule has 0 fully saturated rings. The molecule has 0 aromatic heterocycles. The molecule has 0 atom stereocenters. The van der Waals surface area contributed by atoms with Crippen molar-refractivity contribution in [1.29, 1.82) is 5.41 Å². The Kier molecular flexibility index (Phi) is 4.15. The summed E-state index contributed by atoms with van der Waals surface area (Å²) in [5, 5.41) is 8.16. The number of methoxy groups -OCH3 is 1. The summed E-state index contributed by atoms with van der Waals surface area (Å²) in [6, 6.07) is 13.1. The van der Waals surface area contributed by atoms with Crippen molar-refractivity contribution in [2.24, 2.45) is 5.73 Å². The van der Waals surface area contributed by atoms with Crippen LogP contribution in [-0.2, 0) is 0 Å². The molecule has 0 bridgehead atoms. The van der Waals surface area contributed by atoms with Gasteiger partial charge in [-0.1, -0.05) is 23.7 Å². The van der Waals surface area contributed by atoms with Gasteiger partial charge in [-0.05, 0) is 24.3 Å². The van der Waals surface area contributed by atoms with Crippen molar-refractivity contribution in [2.75, 3.05) is 19.1 Å². The average Bonchev–Trinajstić information content (AvgIpc) is 2.45. The van der Waals surface area contributed by atoms with Gasteiger partial charge in [0.25, 0.3) is 0 Å². The SMILES string of the molecule is COc1cccc(N(C)c2cccc(Cl)c2C(=N)N)c1. The number of nitrogens with zero attached hydrogens (tertiary/aromatic N) is 1. The van der Waals surface area contributed by atoms with Crippen LogP contribution in [0.15, 0.2) is 42.5 Å². The maximum Gasteiger partial charge on any atom is 0.126 e. The number of amidine groups is 1. The van der Waals surface area contributed by atoms with Crippen molar-refractivity contribution in [2.45, 2.75) is 0 Å². The quantitative estimate of drug-likeness (QED) is 0.670. The van der Waals surface area contributed by atoms with Gasteiger partial charge in [-0.25, -0.2) is 0 Å². The van der Waals surface area contributed by atoms with E-state index in [0.717, 1.165) is 17.1 Å². The first-order valence-corrected chi connectivity index (χ1v) is 6.43. The maximum atomic E-state index is 7.69. The summed E-state index contributed by atoms with van der Waals surface area (Å²) in [6.07, 6.45) is 0. The summed E-state index contributed by atoms with van der Waals surface area (Å²) in [6.45, 7) is 0. The number of nitrogen functional groups attached to an aromatic ring is 1. The molecule has 0 aliphatic heterocycles. The predicted molar refractivity (Wildman–Crippen MR) is 83.5 cm³/mol. The number of hydrogen-bond acceptors (Lipinski definition) is 3. The first kappa shape index (κ1) is 14.2. The van der Waals surface area contributed by atoms with E-state index in [1.165, 1.54) is 0 Å². The minimum Gasteiger partial charge on any atom is -0.497 e. The van der Waals surface area contributed by atoms with Gasteiger partial charge in [-0.2, -0.15) is 0 Å². The molecule has 0 unspecified atom stereocenters. The van der Waals surface area contributed by atoms with Crippen LogP contribution in [0.5, 0.6) is 5.75 Å². The van der Waals surface area contributed by atoms with Gasteiger partial charge in [0.05, 0.1) is 23.4 Å². The summed E-state index contributed by atoms with van der Waals surface area (Å²) in [5.41, 5.74) is 7.86. The lowest BCUT2D eigenvalue weighted by Crippen LogP contribution is -2.19. The summed E-state index contributed by atoms with van der Waals surface area (Å²) >= 11 is 6.14. The van der Waals surface area contributed by atoms with Crippen molar-refractivity contribution in [1.82, 2.24) is 0 Å². The van der Waals surface area contributed by atoms with E-state index >= 15 is 0 Å². The third-order valence-corrected chi connectivity index (χ3v) is 3.38. The Labute approximate surface area is 123 Å². The van der Waals surface area contributed by atoms with Crippen LogP contribution in [0.2, 0.25) is 5.02 Å². The first-order chi connectivity index (χ1) is 9.54. The largest absolute Gasteiger partial charge is 0.497 e. The van der Waals surface area contributed by atoms with Crippen LogP contribution in [-0.4, -0.2) is 20.0 Å². The Morgan fingerprint density at radius 2 is 1.95 bits per heavy atom. The van der Waals surface area contributed by atoms with E-state index in [1.54, 1.807) is 13.2 Å². The van der Waals surface area contributed by atoms with Gasteiger partial charge in [-0.3, -0.25) is 5.41 Å². The second kappa shape index (κ2) is 5.84. The van der Waals surface area contributed by atoms with Crippen LogP contribution in [0.1, 0.15) is 5.56 Å². The Hall–Kier alpha value is -2.20. The highest BCUT2D eigenvalue weighted by molar-refractivity contribution is 6.34. The van der Waals surface area contributed by atoms with Gasteiger partial charge in [-0.15, -0.1) is 0 Å². The first-order valence-electron chi connectivity index (χ1n) is 6.05. The van der Waals surface area contributed by atoms with Crippen LogP contribution in [0.3, 0.4) is 0 Å². The lowest BCUT2D eigenvalue weighted by molar-refractivity contribution is 0.415. The van der Waals surface area contributed by atoms with Gasteiger partial charge < -0.3 is 15.4 Å². The molecule has 0 amide bonds. The zero-order chi connectivity index (χ0) is 14.7. The summed E-state index contributed by atoms with van der Waals surface area (Å²) in [4.78, 5) is 1.92. The summed E-state index contributed by atoms with van der Waals surface area (Å²) in [7, 11) is 3.52. The number of nitrogens with two attached hydrogens (primary N) is 1. The molecule has 3 N–H and O–H groups in total. The summed E-state index contributed by atoms with van der Waals surface area (Å²) < 4.78 is 5.22. The summed E-state index contributed by atoms with van der Waals surface area (Å²) in [5.74, 6) is 0.709. The Morgan fingerprint density at radius 1 is 1.25 bits per heavy atom. The second-order valence-corrected chi connectivity index (χ2v) is 4.72. The van der Waals surface area contributed by atoms with E-state index in [0.29, 0.717) is 10.6 Å². The van der Waals surface area contributed by atoms with Crippen molar-refractivity contribution in [3.05, 3.63) is 53.1 Å². The molecule has 4 nitrogen and oxygen atoms in total. The standard InChI is InChI=1S/C15H16ClN3O/c1-19(10-5-3-6-11(9-10)20-2)13-8-4-7-12(16)14(13)15(17)18/h3-9H,1-2H3,(H3,17,18). The van der Waals surface area contributed by atoms with Crippen LogP contribution in [0.25, 0.3) is 0 Å². The molecule has 0 aliphatic carbocycles. The van der Waals surface area contributed by atoms with Gasteiger partial charge >= 0.3 is 0 Å². The Bertz CT molecular complexity index is 643. The van der Waals surface area contributed by atoms with Crippen LogP contribution in [0.4, 0.5) is 11.4 Å². The van der Waals surface area contributed by atoms with Crippen LogP contribution in [0, 0.1) is 5.41 Å². The zero-order valence-electron chi connectivity index (χ0n) is 11.4. The number of ether oxygens (including phenoxy) is 1. The molecule has 0 saturated heterocycles. The zero-order valence-corrected chi connectivity index (χ0v) is 12.1. The topological polar surface area (TPSA) is 62.3 Å². The highest BCUT2D eigenvalue weighted by Gasteiger charge is 2.14. The molecule has 2 rings (SSSR count). The third-order valence-electron chi connectivity index (χ3n) is 3.06. The van der Waals surface area contributed by atoms with Crippen molar-refractivity contribution < 1.29 is 4.74 Å². The van der Waals surface area contributed by atoms with Gasteiger partial charge in [0.2, 0.25) is 0 Å². The molecule has 2 aromatic rings. The molecule has 0 aliphatic rings. The number of halogens is 1. The normalized spacial score (nSPS) is 10.2. The number of hydrogen-bond donors (Lipinski definition) is 2. The Balaban J connectivity index is 2.50. The minimum absolute atomic E-state index is 0.0552. The molecular formula is C15H16ClN3O. The lowest BCUT2D eigenvalue weighted by Gasteiger charge is -2.23. The molecule has 0 radical (unpaired) electrons. The van der Waals surface area contributed by atoms with E-state index in [2.05, 4.69) is 0 Å². The molecule has 20 heavy (non-hydrogen) atoms. The fourth-order valence-electron chi connectivity index (χ4n) is 2.02. The van der Waals surface area contributed by atoms with Gasteiger partial charge in [0, 0.05) is 18.8 Å². The van der Waals surface area contributed by atoms with Crippen LogP contribution >= 0.6 is 11.6 Å². The third kappa shape index (κ3) is 2.70. The maximum absolute atomic E-state index is 7.69. The van der Waals surface area contributed by atoms with Crippen molar-refractivity contribution in [3.8, 4) is 5.75 Å². The van der Waals surface area contributed by atoms with Gasteiger partial charge in [0.1, 0.15) is 11.6 Å². The highest BCUT2D eigenvalue weighted by Crippen LogP contribution is 2.32. The number of anilines is 2. The smallest absolute Gasteiger partial charge is 0.126 e. The van der Waals surface area contributed by atoms with E-state index < -0.39 is 0 Å². The molecule has 0 spiro atoms. The van der Waals surface area contributed by atoms with E-state index in [1.807, 2.05) is 48.3 Å². The fraction of sp³-hybridized carbons (Fsp3) is 0.133. The number of nitrogens with one attached hydrogen (secondary N) is 1. The van der Waals surface area contributed by atoms with Crippen LogP contribution < -0.4 is 15.4 Å². The molecule has 0 saturated carbocycles. The van der Waals surface area contributed by atoms with E-state index in [9.17, 15) is 0 Å². The lowest BCUT2D eigenvalue weighted by atomic mass is 10.1. The van der Waals surface area contributed by atoms with E-state index in [4.69, 9.17) is 27.5 Å². The van der Waals surface area contributed by atoms with Gasteiger partial charge in [0.15, 0.2) is 0 Å². The molecule has 104 valence electrons. The fourth-order valence-corrected chi connectivity index (χ4v) is 2.29. The van der Waals surface area contributed by atoms with E-state index in [-0.39, 0.29) is 5.84 Å². The van der Waals surface area contributed by atoms with Crippen molar-refractivity contribution >= 4 is 28.8 Å². The average molecular weight is 290 g/mol. The number of rotatable bonds is 4. The number of benzene rings is 2. The predicted octanol–water partition coefficient (Wildman–Crippen LogP) is 3.40. The molecule has 2 aromatic carbocycles.